The zero-order valence-corrected chi connectivity index (χ0v) is 21.3. The number of carbonyl (C=O) groups excluding carboxylic acids is 2. The molecule has 1 aliphatic heterocycles. The summed E-state index contributed by atoms with van der Waals surface area (Å²) in [6, 6.07) is 11.1. The van der Waals surface area contributed by atoms with E-state index in [1.54, 1.807) is 55.7 Å². The summed E-state index contributed by atoms with van der Waals surface area (Å²) in [7, 11) is 3.06. The zero-order chi connectivity index (χ0) is 26.2. The van der Waals surface area contributed by atoms with Crippen LogP contribution in [0.1, 0.15) is 31.0 Å². The standard InChI is InChI=1S/C28H34N2O6/c1-6-17-36-20-11-9-19(10-12-20)26(31)24-25(22-14-13-21(34-4)18-23(22)35-5)30(28(33)27(24)32)16-15-29(7-2)8-3/h6,9-14,18,25,31H,1,7-8,15-17H2,2-5H3/b26-24+. The van der Waals surface area contributed by atoms with E-state index >= 15 is 0 Å². The number of carbonyl (C=O) groups is 2. The van der Waals surface area contributed by atoms with E-state index in [0.29, 0.717) is 48.1 Å². The fourth-order valence-electron chi connectivity index (χ4n) is 4.29. The van der Waals surface area contributed by atoms with Crippen LogP contribution in [0.2, 0.25) is 0 Å². The lowest BCUT2D eigenvalue weighted by atomic mass is 9.94. The number of likely N-dealkylation sites (tertiary alicyclic amines) is 1. The summed E-state index contributed by atoms with van der Waals surface area (Å²) in [5.74, 6) is -0.0188. The number of hydrogen-bond donors (Lipinski definition) is 1. The van der Waals surface area contributed by atoms with E-state index < -0.39 is 17.7 Å². The molecule has 0 radical (unpaired) electrons. The van der Waals surface area contributed by atoms with Gasteiger partial charge in [-0.2, -0.15) is 0 Å². The molecule has 0 aromatic heterocycles. The summed E-state index contributed by atoms with van der Waals surface area (Å²) in [6.07, 6.45) is 1.63. The Morgan fingerprint density at radius 1 is 1.06 bits per heavy atom. The van der Waals surface area contributed by atoms with Gasteiger partial charge in [-0.1, -0.05) is 26.5 Å². The van der Waals surface area contributed by atoms with Crippen molar-refractivity contribution in [3.8, 4) is 17.2 Å². The van der Waals surface area contributed by atoms with Crippen molar-refractivity contribution in [3.63, 3.8) is 0 Å². The molecule has 1 fully saturated rings. The van der Waals surface area contributed by atoms with E-state index in [1.165, 1.54) is 12.0 Å². The molecule has 2 aromatic rings. The normalized spacial score (nSPS) is 16.9. The molecule has 1 unspecified atom stereocenters. The maximum atomic E-state index is 13.3. The molecule has 1 aliphatic rings. The van der Waals surface area contributed by atoms with Crippen LogP contribution in [-0.4, -0.2) is 73.6 Å². The average Bonchev–Trinajstić information content (AvgIpc) is 3.16. The fourth-order valence-corrected chi connectivity index (χ4v) is 4.29. The minimum absolute atomic E-state index is 0.0165. The van der Waals surface area contributed by atoms with Crippen LogP contribution in [0.25, 0.3) is 5.76 Å². The predicted molar refractivity (Wildman–Crippen MR) is 138 cm³/mol. The van der Waals surface area contributed by atoms with Crippen LogP contribution in [0, 0.1) is 0 Å². The molecule has 0 spiro atoms. The lowest BCUT2D eigenvalue weighted by molar-refractivity contribution is -0.140. The van der Waals surface area contributed by atoms with E-state index in [1.807, 2.05) is 13.8 Å². The first kappa shape index (κ1) is 26.8. The first-order chi connectivity index (χ1) is 17.4. The summed E-state index contributed by atoms with van der Waals surface area (Å²) in [5.41, 5.74) is 1.01. The third-order valence-corrected chi connectivity index (χ3v) is 6.32. The lowest BCUT2D eigenvalue weighted by Crippen LogP contribution is -2.38. The van der Waals surface area contributed by atoms with Crippen molar-refractivity contribution in [3.05, 3.63) is 71.8 Å². The molecule has 1 atom stereocenters. The molecule has 36 heavy (non-hydrogen) atoms. The molecule has 3 rings (SSSR count). The molecule has 8 heteroatoms. The molecular weight excluding hydrogens is 460 g/mol. The van der Waals surface area contributed by atoms with E-state index in [9.17, 15) is 14.7 Å². The number of benzene rings is 2. The van der Waals surface area contributed by atoms with E-state index in [2.05, 4.69) is 11.5 Å². The lowest BCUT2D eigenvalue weighted by Gasteiger charge is -2.29. The predicted octanol–water partition coefficient (Wildman–Crippen LogP) is 4.03. The van der Waals surface area contributed by atoms with Crippen LogP contribution in [0.3, 0.4) is 0 Å². The summed E-state index contributed by atoms with van der Waals surface area (Å²) >= 11 is 0. The molecule has 2 aromatic carbocycles. The number of amides is 1. The zero-order valence-electron chi connectivity index (χ0n) is 21.3. The summed E-state index contributed by atoms with van der Waals surface area (Å²) in [5, 5.41) is 11.3. The van der Waals surface area contributed by atoms with Crippen LogP contribution in [0.5, 0.6) is 17.2 Å². The number of ketones is 1. The smallest absolute Gasteiger partial charge is 0.295 e. The molecule has 8 nitrogen and oxygen atoms in total. The van der Waals surface area contributed by atoms with Gasteiger partial charge >= 0.3 is 0 Å². The number of aliphatic hydroxyl groups excluding tert-OH is 1. The minimum atomic E-state index is -0.821. The molecule has 1 amide bonds. The van der Waals surface area contributed by atoms with Gasteiger partial charge in [0.05, 0.1) is 25.8 Å². The van der Waals surface area contributed by atoms with Gasteiger partial charge in [-0.05, 0) is 49.5 Å². The average molecular weight is 495 g/mol. The number of likely N-dealkylation sites (N-methyl/N-ethyl adjacent to an activating group) is 1. The minimum Gasteiger partial charge on any atom is -0.507 e. The van der Waals surface area contributed by atoms with E-state index in [-0.39, 0.29) is 11.3 Å². The summed E-state index contributed by atoms with van der Waals surface area (Å²) < 4.78 is 16.4. The summed E-state index contributed by atoms with van der Waals surface area (Å²) in [6.45, 7) is 10.6. The van der Waals surface area contributed by atoms with Crippen molar-refractivity contribution in [1.29, 1.82) is 0 Å². The van der Waals surface area contributed by atoms with E-state index in [0.717, 1.165) is 13.1 Å². The number of nitrogens with zero attached hydrogens (tertiary/aromatic N) is 2. The Hall–Kier alpha value is -3.78. The Balaban J connectivity index is 2.12. The topological polar surface area (TPSA) is 88.5 Å². The van der Waals surface area contributed by atoms with Gasteiger partial charge in [-0.3, -0.25) is 9.59 Å². The highest BCUT2D eigenvalue weighted by atomic mass is 16.5. The Morgan fingerprint density at radius 3 is 2.31 bits per heavy atom. The van der Waals surface area contributed by atoms with Crippen molar-refractivity contribution in [2.24, 2.45) is 0 Å². The van der Waals surface area contributed by atoms with Crippen molar-refractivity contribution >= 4 is 17.4 Å². The van der Waals surface area contributed by atoms with Crippen LogP contribution in [-0.2, 0) is 9.59 Å². The van der Waals surface area contributed by atoms with Crippen molar-refractivity contribution < 1.29 is 28.9 Å². The van der Waals surface area contributed by atoms with E-state index in [4.69, 9.17) is 14.2 Å². The molecule has 0 aliphatic carbocycles. The second-order valence-corrected chi connectivity index (χ2v) is 8.25. The van der Waals surface area contributed by atoms with Gasteiger partial charge < -0.3 is 29.1 Å². The Bertz CT molecular complexity index is 1120. The SMILES string of the molecule is C=CCOc1ccc(/C(O)=C2\C(=O)C(=O)N(CCN(CC)CC)C2c2ccc(OC)cc2OC)cc1. The van der Waals surface area contributed by atoms with Gasteiger partial charge in [0, 0.05) is 30.3 Å². The highest BCUT2D eigenvalue weighted by Gasteiger charge is 2.47. The first-order valence-electron chi connectivity index (χ1n) is 12.0. The highest BCUT2D eigenvalue weighted by Crippen LogP contribution is 2.43. The molecule has 0 bridgehead atoms. The van der Waals surface area contributed by atoms with Gasteiger partial charge in [0.15, 0.2) is 0 Å². The maximum Gasteiger partial charge on any atom is 0.295 e. The molecular formula is C28H34N2O6. The monoisotopic (exact) mass is 494 g/mol. The Labute approximate surface area is 212 Å². The van der Waals surface area contributed by atoms with Gasteiger partial charge in [0.1, 0.15) is 29.6 Å². The van der Waals surface area contributed by atoms with Crippen molar-refractivity contribution in [2.45, 2.75) is 19.9 Å². The number of rotatable bonds is 12. The number of hydrogen-bond acceptors (Lipinski definition) is 7. The quantitative estimate of drug-likeness (QED) is 0.206. The second kappa shape index (κ2) is 12.3. The van der Waals surface area contributed by atoms with Crippen LogP contribution in [0.15, 0.2) is 60.7 Å². The Kier molecular flexibility index (Phi) is 9.13. The van der Waals surface area contributed by atoms with Gasteiger partial charge in [0.2, 0.25) is 0 Å². The number of ether oxygens (including phenoxy) is 3. The van der Waals surface area contributed by atoms with Gasteiger partial charge in [0.25, 0.3) is 11.7 Å². The molecule has 1 heterocycles. The van der Waals surface area contributed by atoms with Crippen LogP contribution < -0.4 is 14.2 Å². The molecule has 192 valence electrons. The molecule has 0 saturated carbocycles. The fraction of sp³-hybridized carbons (Fsp3) is 0.357. The maximum absolute atomic E-state index is 13.3. The largest absolute Gasteiger partial charge is 0.507 e. The van der Waals surface area contributed by atoms with Gasteiger partial charge in [-0.15, -0.1) is 0 Å². The van der Waals surface area contributed by atoms with Crippen molar-refractivity contribution in [2.75, 3.05) is 47.0 Å². The number of Topliss-reactive ketones (excluding diaryl/α,β-unsaturated/α-hetero) is 1. The first-order valence-corrected chi connectivity index (χ1v) is 12.0. The summed E-state index contributed by atoms with van der Waals surface area (Å²) in [4.78, 5) is 30.2. The second-order valence-electron chi connectivity index (χ2n) is 8.25. The third kappa shape index (κ3) is 5.54. The van der Waals surface area contributed by atoms with Crippen LogP contribution >= 0.6 is 0 Å². The highest BCUT2D eigenvalue weighted by molar-refractivity contribution is 6.46. The van der Waals surface area contributed by atoms with Crippen LogP contribution in [0.4, 0.5) is 0 Å². The Morgan fingerprint density at radius 2 is 1.72 bits per heavy atom. The van der Waals surface area contributed by atoms with Gasteiger partial charge in [-0.25, -0.2) is 0 Å². The molecule has 1 saturated heterocycles. The number of methoxy groups -OCH3 is 2. The van der Waals surface area contributed by atoms with Crippen molar-refractivity contribution in [1.82, 2.24) is 9.80 Å². The number of aliphatic hydroxyl groups is 1. The third-order valence-electron chi connectivity index (χ3n) is 6.32. The molecule has 1 N–H and O–H groups in total.